The van der Waals surface area contributed by atoms with Gasteiger partial charge in [0.25, 0.3) is 0 Å². The van der Waals surface area contributed by atoms with E-state index in [1.165, 1.54) is 0 Å². The molecule has 6 heavy (non-hydrogen) atoms. The van der Waals surface area contributed by atoms with Crippen LogP contribution in [0.2, 0.25) is 0 Å². The van der Waals surface area contributed by atoms with Gasteiger partial charge in [0.05, 0.1) is 7.74 Å². The Morgan fingerprint density at radius 2 is 2.17 bits per heavy atom. The first-order chi connectivity index (χ1) is 2.77. The number of nitrogens with one attached hydrogen (secondary N) is 1. The fraction of sp³-hybridized carbons (Fsp3) is 1.00. The SMILES string of the molecule is BBNN(C)C. The van der Waals surface area contributed by atoms with E-state index in [0.29, 0.717) is 0 Å². The number of hydrogen-bond acceptors (Lipinski definition) is 2. The number of rotatable bonds is 2. The first-order valence-electron chi connectivity index (χ1n) is 2.18. The summed E-state index contributed by atoms with van der Waals surface area (Å²) in [4.78, 5) is 0. The summed E-state index contributed by atoms with van der Waals surface area (Å²) in [7, 11) is 7.03. The molecule has 0 aromatic heterocycles. The second kappa shape index (κ2) is 3.25. The standard InChI is InChI=1S/C2H10B2N2/c1-6(2)5-4-3/h4-5H,3H2,1-2H3. The maximum Gasteiger partial charge on any atom is 0.177 e. The molecule has 0 radical (unpaired) electrons. The Labute approximate surface area is 40.5 Å². The lowest BCUT2D eigenvalue weighted by Gasteiger charge is -2.07. The van der Waals surface area contributed by atoms with Gasteiger partial charge < -0.3 is 5.34 Å². The summed E-state index contributed by atoms with van der Waals surface area (Å²) in [6.45, 7) is 0. The third-order valence-corrected chi connectivity index (χ3v) is 0.474. The van der Waals surface area contributed by atoms with E-state index in [1.807, 2.05) is 19.1 Å². The highest BCUT2D eigenvalue weighted by Gasteiger charge is 1.78. The molecule has 0 aliphatic heterocycles. The van der Waals surface area contributed by atoms with Crippen molar-refractivity contribution < 1.29 is 0 Å². The maximum atomic E-state index is 3.04. The molecule has 0 spiro atoms. The summed E-state index contributed by atoms with van der Waals surface area (Å²) in [5, 5.41) is 4.97. The molecule has 0 aliphatic carbocycles. The summed E-state index contributed by atoms with van der Waals surface area (Å²) in [6.07, 6.45) is 0. The van der Waals surface area contributed by atoms with E-state index < -0.39 is 0 Å². The predicted molar refractivity (Wildman–Crippen MR) is 32.5 cm³/mol. The zero-order chi connectivity index (χ0) is 4.99. The molecule has 0 saturated carbocycles. The van der Waals surface area contributed by atoms with Crippen molar-refractivity contribution in [1.29, 1.82) is 0 Å². The van der Waals surface area contributed by atoms with Crippen LogP contribution in [-0.2, 0) is 0 Å². The molecule has 0 aromatic rings. The molecule has 1 N–H and O–H groups in total. The molecule has 0 rings (SSSR count). The highest BCUT2D eigenvalue weighted by atomic mass is 15.4. The molecule has 4 heteroatoms. The van der Waals surface area contributed by atoms with Crippen molar-refractivity contribution in [3.8, 4) is 0 Å². The van der Waals surface area contributed by atoms with Gasteiger partial charge in [-0.25, -0.2) is 0 Å². The maximum absolute atomic E-state index is 3.04. The lowest BCUT2D eigenvalue weighted by atomic mass is 9.68. The summed E-state index contributed by atoms with van der Waals surface area (Å²) in [6, 6.07) is 0. The van der Waals surface area contributed by atoms with Gasteiger partial charge in [-0.05, 0) is 0 Å². The summed E-state index contributed by atoms with van der Waals surface area (Å²) >= 11 is 0. The van der Waals surface area contributed by atoms with Crippen LogP contribution in [0.25, 0.3) is 0 Å². The van der Waals surface area contributed by atoms with Crippen LogP contribution < -0.4 is 5.34 Å². The molecule has 2 nitrogen and oxygen atoms in total. The monoisotopic (exact) mass is 84.1 g/mol. The van der Waals surface area contributed by atoms with Crippen LogP contribution in [0.3, 0.4) is 0 Å². The van der Waals surface area contributed by atoms with Gasteiger partial charge in [-0.2, -0.15) is 0 Å². The Hall–Kier alpha value is 0.0499. The average Bonchev–Trinajstić information content (AvgIpc) is 1.35. The molecule has 0 unspecified atom stereocenters. The van der Waals surface area contributed by atoms with Gasteiger partial charge in [0.2, 0.25) is 0 Å². The topological polar surface area (TPSA) is 15.3 Å². The fourth-order valence-corrected chi connectivity index (χ4v) is 0.316. The lowest BCUT2D eigenvalue weighted by Crippen LogP contribution is -2.33. The normalized spacial score (nSPS) is 9.17. The molecule has 0 fully saturated rings. The van der Waals surface area contributed by atoms with Gasteiger partial charge in [0.15, 0.2) is 7.31 Å². The van der Waals surface area contributed by atoms with E-state index in [9.17, 15) is 0 Å². The second-order valence-electron chi connectivity index (χ2n) is 1.41. The van der Waals surface area contributed by atoms with E-state index in [4.69, 9.17) is 0 Å². The zero-order valence-electron chi connectivity index (χ0n) is 4.65. The third-order valence-electron chi connectivity index (χ3n) is 0.474. The Balaban J connectivity index is 2.63. The first-order valence-corrected chi connectivity index (χ1v) is 2.18. The van der Waals surface area contributed by atoms with E-state index >= 15 is 0 Å². The van der Waals surface area contributed by atoms with E-state index in [-0.39, 0.29) is 0 Å². The van der Waals surface area contributed by atoms with Crippen LogP contribution in [0, 0.1) is 0 Å². The molecule has 0 bridgehead atoms. The smallest absolute Gasteiger partial charge is 0.177 e. The Morgan fingerprint density at radius 1 is 1.67 bits per heavy atom. The molecular formula is C2H10B2N2. The molecule has 0 aliphatic rings. The van der Waals surface area contributed by atoms with Crippen LogP contribution in [0.15, 0.2) is 0 Å². The van der Waals surface area contributed by atoms with Gasteiger partial charge in [-0.15, -0.1) is 0 Å². The lowest BCUT2D eigenvalue weighted by molar-refractivity contribution is 0.376. The van der Waals surface area contributed by atoms with Gasteiger partial charge in [0.1, 0.15) is 0 Å². The molecule has 34 valence electrons. The van der Waals surface area contributed by atoms with Crippen molar-refractivity contribution in [2.45, 2.75) is 0 Å². The first kappa shape index (κ1) is 6.05. The number of nitrogens with zero attached hydrogens (tertiary/aromatic N) is 1. The quantitative estimate of drug-likeness (QED) is 0.306. The Kier molecular flexibility index (Phi) is 3.27. The van der Waals surface area contributed by atoms with Crippen molar-refractivity contribution in [3.05, 3.63) is 0 Å². The van der Waals surface area contributed by atoms with Crippen molar-refractivity contribution >= 4 is 15.0 Å². The van der Waals surface area contributed by atoms with Gasteiger partial charge in [0, 0.05) is 14.1 Å². The minimum atomic E-state index is 1.01. The molecule has 0 heterocycles. The summed E-state index contributed by atoms with van der Waals surface area (Å²) < 4.78 is 0. The summed E-state index contributed by atoms with van der Waals surface area (Å²) in [5.41, 5.74) is 0. The third kappa shape index (κ3) is 4.05. The molecule has 0 aromatic carbocycles. The number of hydrazine groups is 1. The van der Waals surface area contributed by atoms with Crippen molar-refractivity contribution in [2.75, 3.05) is 14.1 Å². The van der Waals surface area contributed by atoms with E-state index in [2.05, 4.69) is 13.1 Å². The van der Waals surface area contributed by atoms with Crippen LogP contribution in [0.1, 0.15) is 0 Å². The van der Waals surface area contributed by atoms with Crippen molar-refractivity contribution in [3.63, 3.8) is 0 Å². The molecule has 0 atom stereocenters. The zero-order valence-corrected chi connectivity index (χ0v) is 4.65. The minimum absolute atomic E-state index is 1.01. The van der Waals surface area contributed by atoms with E-state index in [1.54, 1.807) is 0 Å². The molecule has 0 amide bonds. The van der Waals surface area contributed by atoms with Crippen molar-refractivity contribution in [1.82, 2.24) is 10.3 Å². The molecular weight excluding hydrogens is 73.7 g/mol. The Morgan fingerprint density at radius 3 is 2.17 bits per heavy atom. The van der Waals surface area contributed by atoms with Crippen LogP contribution in [0.5, 0.6) is 0 Å². The predicted octanol–water partition coefficient (Wildman–Crippen LogP) is -2.05. The van der Waals surface area contributed by atoms with Crippen LogP contribution in [0.4, 0.5) is 0 Å². The van der Waals surface area contributed by atoms with Crippen LogP contribution in [-0.4, -0.2) is 34.1 Å². The molecule has 0 saturated heterocycles. The largest absolute Gasteiger partial charge is 0.308 e. The highest BCUT2D eigenvalue weighted by Crippen LogP contribution is 1.52. The second-order valence-corrected chi connectivity index (χ2v) is 1.41. The van der Waals surface area contributed by atoms with Crippen molar-refractivity contribution in [2.24, 2.45) is 0 Å². The number of hydrogen-bond donors (Lipinski definition) is 1. The van der Waals surface area contributed by atoms with E-state index in [0.717, 1.165) is 7.31 Å². The Bertz CT molecular complexity index is 30.7. The highest BCUT2D eigenvalue weighted by molar-refractivity contribution is 6.87. The average molecular weight is 83.7 g/mol. The van der Waals surface area contributed by atoms with Gasteiger partial charge in [-0.3, -0.25) is 5.01 Å². The minimum Gasteiger partial charge on any atom is -0.308 e. The van der Waals surface area contributed by atoms with Crippen LogP contribution >= 0.6 is 0 Å². The van der Waals surface area contributed by atoms with Gasteiger partial charge in [-0.1, -0.05) is 0 Å². The fourth-order valence-electron chi connectivity index (χ4n) is 0.316. The van der Waals surface area contributed by atoms with Gasteiger partial charge >= 0.3 is 0 Å². The summed E-state index contributed by atoms with van der Waals surface area (Å²) in [5.74, 6) is 0.